The lowest BCUT2D eigenvalue weighted by Gasteiger charge is -2.13. The predicted molar refractivity (Wildman–Crippen MR) is 78.2 cm³/mol. The number of hydrogen-bond acceptors (Lipinski definition) is 2. The molecule has 0 unspecified atom stereocenters. The van der Waals surface area contributed by atoms with Crippen LogP contribution in [0.3, 0.4) is 0 Å². The van der Waals surface area contributed by atoms with E-state index in [1.165, 1.54) is 16.9 Å². The van der Waals surface area contributed by atoms with Gasteiger partial charge in [-0.3, -0.25) is 9.48 Å². The second-order valence-electron chi connectivity index (χ2n) is 4.17. The van der Waals surface area contributed by atoms with Gasteiger partial charge >= 0.3 is 6.18 Å². The van der Waals surface area contributed by atoms with Gasteiger partial charge in [0, 0.05) is 16.6 Å². The van der Waals surface area contributed by atoms with E-state index in [0.29, 0.717) is 11.0 Å². The zero-order valence-electron chi connectivity index (χ0n) is 10.7. The van der Waals surface area contributed by atoms with Crippen molar-refractivity contribution in [2.24, 2.45) is 0 Å². The Labute approximate surface area is 135 Å². The number of carbonyl (C=O) groups is 1. The highest BCUT2D eigenvalue weighted by atomic mass is 79.9. The molecule has 0 aliphatic carbocycles. The lowest BCUT2D eigenvalue weighted by atomic mass is 10.0. The zero-order valence-corrected chi connectivity index (χ0v) is 13.9. The second kappa shape index (κ2) is 5.92. The summed E-state index contributed by atoms with van der Waals surface area (Å²) in [6, 6.07) is 3.46. The predicted octanol–water partition coefficient (Wildman–Crippen LogP) is 4.68. The topological polar surface area (TPSA) is 34.9 Å². The number of carbonyl (C=O) groups excluding carboxylic acids is 1. The van der Waals surface area contributed by atoms with Gasteiger partial charge in [0.05, 0.1) is 16.2 Å². The average molecular weight is 426 g/mol. The normalized spacial score (nSPS) is 11.7. The Kier molecular flexibility index (Phi) is 4.57. The molecule has 0 saturated carbocycles. The molecule has 2 aromatic rings. The van der Waals surface area contributed by atoms with Crippen molar-refractivity contribution in [3.05, 3.63) is 50.2 Å². The molecule has 2 rings (SSSR count). The third-order valence-electron chi connectivity index (χ3n) is 2.84. The van der Waals surface area contributed by atoms with Crippen molar-refractivity contribution in [1.29, 1.82) is 0 Å². The first-order valence-corrected chi connectivity index (χ1v) is 7.47. The van der Waals surface area contributed by atoms with Crippen LogP contribution in [0.15, 0.2) is 33.3 Å². The highest BCUT2D eigenvalue weighted by Crippen LogP contribution is 2.35. The molecule has 1 aromatic carbocycles. The molecule has 0 fully saturated rings. The molecule has 8 heteroatoms. The molecule has 0 aliphatic rings. The number of rotatable bonds is 3. The molecule has 0 atom stereocenters. The van der Waals surface area contributed by atoms with Crippen LogP contribution in [0.1, 0.15) is 28.5 Å². The second-order valence-corrected chi connectivity index (χ2v) is 5.94. The van der Waals surface area contributed by atoms with E-state index < -0.39 is 23.1 Å². The molecule has 0 radical (unpaired) electrons. The third-order valence-corrected chi connectivity index (χ3v) is 3.91. The van der Waals surface area contributed by atoms with Crippen LogP contribution in [0.25, 0.3) is 0 Å². The molecule has 1 aromatic heterocycles. The van der Waals surface area contributed by atoms with Gasteiger partial charge < -0.3 is 0 Å². The largest absolute Gasteiger partial charge is 0.417 e. The summed E-state index contributed by atoms with van der Waals surface area (Å²) in [6.45, 7) is 2.13. The van der Waals surface area contributed by atoms with Gasteiger partial charge in [-0.1, -0.05) is 15.9 Å². The average Bonchev–Trinajstić information content (AvgIpc) is 2.78. The van der Waals surface area contributed by atoms with E-state index >= 15 is 0 Å². The van der Waals surface area contributed by atoms with Gasteiger partial charge in [-0.2, -0.15) is 18.3 Å². The summed E-state index contributed by atoms with van der Waals surface area (Å²) in [4.78, 5) is 12.5. The fourth-order valence-electron chi connectivity index (χ4n) is 1.90. The molecule has 0 N–H and O–H groups in total. The van der Waals surface area contributed by atoms with Gasteiger partial charge in [0.25, 0.3) is 0 Å². The number of aromatic nitrogens is 2. The first-order chi connectivity index (χ1) is 9.75. The van der Waals surface area contributed by atoms with E-state index in [0.717, 1.165) is 12.1 Å². The Morgan fingerprint density at radius 3 is 2.57 bits per heavy atom. The van der Waals surface area contributed by atoms with Crippen molar-refractivity contribution < 1.29 is 18.0 Å². The first kappa shape index (κ1) is 16.2. The van der Waals surface area contributed by atoms with Crippen LogP contribution in [0.5, 0.6) is 0 Å². The number of aryl methyl sites for hydroxylation is 1. The van der Waals surface area contributed by atoms with E-state index in [9.17, 15) is 18.0 Å². The maximum atomic E-state index is 13.1. The van der Waals surface area contributed by atoms with Crippen molar-refractivity contribution in [2.45, 2.75) is 19.6 Å². The number of halogens is 5. The van der Waals surface area contributed by atoms with Gasteiger partial charge in [-0.25, -0.2) is 0 Å². The number of alkyl halides is 3. The lowest BCUT2D eigenvalue weighted by molar-refractivity contribution is -0.137. The summed E-state index contributed by atoms with van der Waals surface area (Å²) in [5.74, 6) is -0.721. The first-order valence-electron chi connectivity index (χ1n) is 5.88. The summed E-state index contributed by atoms with van der Waals surface area (Å²) in [6.07, 6.45) is -3.22. The van der Waals surface area contributed by atoms with Crippen LogP contribution >= 0.6 is 31.9 Å². The van der Waals surface area contributed by atoms with Gasteiger partial charge in [-0.15, -0.1) is 0 Å². The number of hydrogen-bond donors (Lipinski definition) is 0. The standard InChI is InChI=1S/C13H9Br2F3N2O/c1-2-20-11(10(15)6-19-20)12(21)8-4-3-7(14)5-9(8)13(16,17)18/h3-6H,2H2,1H3. The lowest BCUT2D eigenvalue weighted by Crippen LogP contribution is -2.17. The van der Waals surface area contributed by atoms with E-state index in [4.69, 9.17) is 0 Å². The summed E-state index contributed by atoms with van der Waals surface area (Å²) >= 11 is 6.14. The highest BCUT2D eigenvalue weighted by molar-refractivity contribution is 9.10. The molecule has 112 valence electrons. The van der Waals surface area contributed by atoms with Crippen molar-refractivity contribution in [3.63, 3.8) is 0 Å². The molecular formula is C13H9Br2F3N2O. The van der Waals surface area contributed by atoms with E-state index in [-0.39, 0.29) is 10.2 Å². The van der Waals surface area contributed by atoms with E-state index in [1.807, 2.05) is 0 Å². The van der Waals surface area contributed by atoms with Crippen LogP contribution in [-0.4, -0.2) is 15.6 Å². The molecule has 3 nitrogen and oxygen atoms in total. The molecule has 21 heavy (non-hydrogen) atoms. The molecule has 0 spiro atoms. The van der Waals surface area contributed by atoms with Crippen molar-refractivity contribution >= 4 is 37.6 Å². The van der Waals surface area contributed by atoms with Crippen LogP contribution in [-0.2, 0) is 12.7 Å². The summed E-state index contributed by atoms with van der Waals surface area (Å²) in [5.41, 5.74) is -1.27. The van der Waals surface area contributed by atoms with Crippen LogP contribution in [0, 0.1) is 0 Å². The molecule has 0 bridgehead atoms. The van der Waals surface area contributed by atoms with Crippen LogP contribution in [0.4, 0.5) is 13.2 Å². The number of benzene rings is 1. The summed E-state index contributed by atoms with van der Waals surface area (Å²) in [5, 5.41) is 3.95. The highest BCUT2D eigenvalue weighted by Gasteiger charge is 2.36. The Morgan fingerprint density at radius 1 is 1.33 bits per heavy atom. The van der Waals surface area contributed by atoms with E-state index in [2.05, 4.69) is 37.0 Å². The maximum Gasteiger partial charge on any atom is 0.417 e. The summed E-state index contributed by atoms with van der Waals surface area (Å²) < 4.78 is 41.3. The minimum Gasteiger partial charge on any atom is -0.287 e. The Balaban J connectivity index is 2.61. The monoisotopic (exact) mass is 424 g/mol. The Bertz CT molecular complexity index is 695. The molecule has 0 saturated heterocycles. The fraction of sp³-hybridized carbons (Fsp3) is 0.231. The van der Waals surface area contributed by atoms with Crippen molar-refractivity contribution in [3.8, 4) is 0 Å². The number of nitrogens with zero attached hydrogens (tertiary/aromatic N) is 2. The van der Waals surface area contributed by atoms with Crippen molar-refractivity contribution in [1.82, 2.24) is 9.78 Å². The minimum absolute atomic E-state index is 0.102. The van der Waals surface area contributed by atoms with Crippen LogP contribution in [0.2, 0.25) is 0 Å². The maximum absolute atomic E-state index is 13.1. The number of ketones is 1. The van der Waals surface area contributed by atoms with Gasteiger partial charge in [0.15, 0.2) is 0 Å². The van der Waals surface area contributed by atoms with Gasteiger partial charge in [0.1, 0.15) is 5.69 Å². The molecular weight excluding hydrogens is 417 g/mol. The fourth-order valence-corrected chi connectivity index (χ4v) is 2.74. The quantitative estimate of drug-likeness (QED) is 0.669. The Hall–Kier alpha value is -1.15. The smallest absolute Gasteiger partial charge is 0.287 e. The summed E-state index contributed by atoms with van der Waals surface area (Å²) in [7, 11) is 0. The SMILES string of the molecule is CCn1ncc(Br)c1C(=O)c1ccc(Br)cc1C(F)(F)F. The van der Waals surface area contributed by atoms with E-state index in [1.54, 1.807) is 6.92 Å². The van der Waals surface area contributed by atoms with Gasteiger partial charge in [-0.05, 0) is 41.1 Å². The van der Waals surface area contributed by atoms with Crippen LogP contribution < -0.4 is 0 Å². The van der Waals surface area contributed by atoms with Gasteiger partial charge in [0.2, 0.25) is 5.78 Å². The minimum atomic E-state index is -4.61. The molecule has 0 amide bonds. The Morgan fingerprint density at radius 2 is 2.00 bits per heavy atom. The molecule has 1 heterocycles. The molecule has 0 aliphatic heterocycles. The zero-order chi connectivity index (χ0) is 15.8. The third kappa shape index (κ3) is 3.21. The van der Waals surface area contributed by atoms with Crippen molar-refractivity contribution in [2.75, 3.05) is 0 Å².